The zero-order valence-electron chi connectivity index (χ0n) is 8.36. The van der Waals surface area contributed by atoms with Gasteiger partial charge in [0, 0.05) is 6.54 Å². The van der Waals surface area contributed by atoms with Gasteiger partial charge in [-0.05, 0) is 6.92 Å². The maximum Gasteiger partial charge on any atom is 0.337 e. The van der Waals surface area contributed by atoms with Gasteiger partial charge in [0.25, 0.3) is 0 Å². The Morgan fingerprint density at radius 1 is 1.46 bits per heavy atom. The van der Waals surface area contributed by atoms with Gasteiger partial charge in [-0.25, -0.2) is 4.79 Å². The maximum absolute atomic E-state index is 10.7. The van der Waals surface area contributed by atoms with Crippen LogP contribution in [0.4, 0.5) is 0 Å². The highest BCUT2D eigenvalue weighted by Crippen LogP contribution is 1.94. The fourth-order valence-electron chi connectivity index (χ4n) is 0.514. The third-order valence-electron chi connectivity index (χ3n) is 1.13. The number of hydrogen-bond donors (Lipinski definition) is 3. The molecule has 0 spiro atoms. The second-order valence-corrected chi connectivity index (χ2v) is 2.00. The number of aliphatic hydroxyl groups excluding tert-OH is 2. The fraction of sp³-hybridized carbons (Fsp3) is 0.875. The summed E-state index contributed by atoms with van der Waals surface area (Å²) in [7, 11) is 0. The zero-order chi connectivity index (χ0) is 10.9. The Morgan fingerprint density at radius 3 is 2.23 bits per heavy atom. The zero-order valence-corrected chi connectivity index (χ0v) is 8.36. The summed E-state index contributed by atoms with van der Waals surface area (Å²) in [6.45, 7) is 5.62. The lowest BCUT2D eigenvalue weighted by molar-refractivity contribution is -0.158. The van der Waals surface area contributed by atoms with Crippen LogP contribution in [-0.4, -0.2) is 41.5 Å². The molecule has 0 rings (SSSR count). The smallest absolute Gasteiger partial charge is 0.337 e. The first-order chi connectivity index (χ1) is 6.13. The van der Waals surface area contributed by atoms with Crippen LogP contribution in [0.25, 0.3) is 0 Å². The van der Waals surface area contributed by atoms with Crippen LogP contribution < -0.4 is 5.73 Å². The topological polar surface area (TPSA) is 92.8 Å². The van der Waals surface area contributed by atoms with Gasteiger partial charge in [-0.3, -0.25) is 0 Å². The number of aliphatic hydroxyl groups is 2. The van der Waals surface area contributed by atoms with Crippen LogP contribution in [0.1, 0.15) is 20.8 Å². The Morgan fingerprint density at radius 2 is 1.92 bits per heavy atom. The molecule has 0 saturated heterocycles. The van der Waals surface area contributed by atoms with Crippen molar-refractivity contribution >= 4 is 5.97 Å². The molecule has 0 fully saturated rings. The first-order valence-electron chi connectivity index (χ1n) is 4.36. The van der Waals surface area contributed by atoms with E-state index in [2.05, 4.69) is 4.74 Å². The van der Waals surface area contributed by atoms with Gasteiger partial charge in [-0.2, -0.15) is 0 Å². The third-order valence-corrected chi connectivity index (χ3v) is 1.13. The average Bonchev–Trinajstić information content (AvgIpc) is 2.19. The van der Waals surface area contributed by atoms with Gasteiger partial charge in [0.1, 0.15) is 6.10 Å². The summed E-state index contributed by atoms with van der Waals surface area (Å²) in [6.07, 6.45) is -2.77. The van der Waals surface area contributed by atoms with E-state index in [4.69, 9.17) is 15.9 Å². The van der Waals surface area contributed by atoms with E-state index in [-0.39, 0.29) is 13.2 Å². The van der Waals surface area contributed by atoms with Crippen LogP contribution in [0.15, 0.2) is 0 Å². The Labute approximate surface area is 78.5 Å². The largest absolute Gasteiger partial charge is 0.464 e. The molecule has 0 aliphatic heterocycles. The van der Waals surface area contributed by atoms with E-state index in [1.54, 1.807) is 6.92 Å². The van der Waals surface area contributed by atoms with E-state index >= 15 is 0 Å². The Bertz CT molecular complexity index is 129. The molecular formula is C8H19NO4. The van der Waals surface area contributed by atoms with Gasteiger partial charge in [0.05, 0.1) is 6.61 Å². The van der Waals surface area contributed by atoms with Gasteiger partial charge in [0.15, 0.2) is 6.10 Å². The molecule has 0 bridgehead atoms. The highest BCUT2D eigenvalue weighted by Gasteiger charge is 2.23. The first kappa shape index (κ1) is 14.9. The first-order valence-corrected chi connectivity index (χ1v) is 4.36. The van der Waals surface area contributed by atoms with E-state index in [0.717, 1.165) is 0 Å². The van der Waals surface area contributed by atoms with Crippen molar-refractivity contribution < 1.29 is 19.7 Å². The highest BCUT2D eigenvalue weighted by molar-refractivity contribution is 5.75. The van der Waals surface area contributed by atoms with Crippen LogP contribution in [-0.2, 0) is 9.53 Å². The monoisotopic (exact) mass is 193 g/mol. The van der Waals surface area contributed by atoms with Crippen molar-refractivity contribution in [3.8, 4) is 0 Å². The molecule has 0 amide bonds. The molecule has 0 aromatic carbocycles. The maximum atomic E-state index is 10.7. The highest BCUT2D eigenvalue weighted by atomic mass is 16.5. The van der Waals surface area contributed by atoms with Crippen LogP contribution >= 0.6 is 0 Å². The summed E-state index contributed by atoms with van der Waals surface area (Å²) in [5.41, 5.74) is 4.99. The number of rotatable bonds is 4. The van der Waals surface area contributed by atoms with Crippen molar-refractivity contribution in [2.24, 2.45) is 5.73 Å². The summed E-state index contributed by atoms with van der Waals surface area (Å²) in [4.78, 5) is 10.7. The van der Waals surface area contributed by atoms with Crippen molar-refractivity contribution in [3.05, 3.63) is 0 Å². The Kier molecular flexibility index (Phi) is 10.8. The second kappa shape index (κ2) is 9.44. The van der Waals surface area contributed by atoms with Crippen molar-refractivity contribution in [2.45, 2.75) is 33.0 Å². The van der Waals surface area contributed by atoms with Crippen LogP contribution in [0.3, 0.4) is 0 Å². The third kappa shape index (κ3) is 6.51. The fourth-order valence-corrected chi connectivity index (χ4v) is 0.514. The number of carbonyl (C=O) groups excluding carboxylic acids is 1. The summed E-state index contributed by atoms with van der Waals surface area (Å²) in [5.74, 6) is -0.842. The summed E-state index contributed by atoms with van der Waals surface area (Å²) in [6, 6.07) is 0. The number of carbonyl (C=O) groups is 1. The van der Waals surface area contributed by atoms with Crippen molar-refractivity contribution in [1.82, 2.24) is 0 Å². The predicted molar refractivity (Wildman–Crippen MR) is 49.0 cm³/mol. The number of ether oxygens (including phenoxy) is 1. The molecule has 2 atom stereocenters. The van der Waals surface area contributed by atoms with E-state index in [1.807, 2.05) is 13.8 Å². The predicted octanol–water partition coefficient (Wildman–Crippen LogP) is -0.744. The molecule has 2 unspecified atom stereocenters. The molecule has 13 heavy (non-hydrogen) atoms. The molecule has 0 radical (unpaired) electrons. The minimum atomic E-state index is -1.53. The van der Waals surface area contributed by atoms with Gasteiger partial charge in [-0.1, -0.05) is 13.8 Å². The van der Waals surface area contributed by atoms with E-state index in [1.165, 1.54) is 0 Å². The molecule has 4 N–H and O–H groups in total. The number of nitrogens with two attached hydrogens (primary N) is 1. The SMILES string of the molecule is CC.CCOC(=O)C(O)C(O)CN. The van der Waals surface area contributed by atoms with Gasteiger partial charge in [-0.15, -0.1) is 0 Å². The lowest BCUT2D eigenvalue weighted by Gasteiger charge is -2.13. The average molecular weight is 193 g/mol. The molecule has 0 aromatic rings. The molecule has 0 aliphatic carbocycles. The Balaban J connectivity index is 0. The molecule has 5 nitrogen and oxygen atoms in total. The van der Waals surface area contributed by atoms with Gasteiger partial charge < -0.3 is 20.7 Å². The molecule has 0 aliphatic rings. The Hall–Kier alpha value is -0.650. The molecule has 5 heteroatoms. The van der Waals surface area contributed by atoms with Crippen LogP contribution in [0.5, 0.6) is 0 Å². The van der Waals surface area contributed by atoms with Gasteiger partial charge >= 0.3 is 5.97 Å². The lowest BCUT2D eigenvalue weighted by atomic mass is 10.2. The number of esters is 1. The quantitative estimate of drug-likeness (QED) is 0.511. The minimum Gasteiger partial charge on any atom is -0.464 e. The molecule has 80 valence electrons. The molecule has 0 aromatic heterocycles. The van der Waals surface area contributed by atoms with Crippen LogP contribution in [0.2, 0.25) is 0 Å². The number of hydrogen-bond acceptors (Lipinski definition) is 5. The van der Waals surface area contributed by atoms with Crippen LogP contribution in [0, 0.1) is 0 Å². The van der Waals surface area contributed by atoms with E-state index in [9.17, 15) is 4.79 Å². The van der Waals surface area contributed by atoms with E-state index in [0.29, 0.717) is 0 Å². The van der Waals surface area contributed by atoms with Crippen molar-refractivity contribution in [3.63, 3.8) is 0 Å². The minimum absolute atomic E-state index is 0.167. The van der Waals surface area contributed by atoms with Crippen molar-refractivity contribution in [2.75, 3.05) is 13.2 Å². The summed E-state index contributed by atoms with van der Waals surface area (Å²) < 4.78 is 4.42. The van der Waals surface area contributed by atoms with Crippen molar-refractivity contribution in [1.29, 1.82) is 0 Å². The lowest BCUT2D eigenvalue weighted by Crippen LogP contribution is -2.40. The standard InChI is InChI=1S/C6H13NO4.C2H6/c1-2-11-6(10)5(9)4(8)3-7;1-2/h4-5,8-9H,2-3,7H2,1H3;1-2H3. The normalized spacial score (nSPS) is 13.7. The summed E-state index contributed by atoms with van der Waals surface area (Å²) in [5, 5.41) is 17.8. The molecule has 0 saturated carbocycles. The molecule has 0 heterocycles. The molecular weight excluding hydrogens is 174 g/mol. The summed E-state index contributed by atoms with van der Waals surface area (Å²) >= 11 is 0. The second-order valence-electron chi connectivity index (χ2n) is 2.00. The van der Waals surface area contributed by atoms with E-state index < -0.39 is 18.2 Å². The van der Waals surface area contributed by atoms with Gasteiger partial charge in [0.2, 0.25) is 0 Å².